The number of amides is 1. The van der Waals surface area contributed by atoms with Crippen molar-refractivity contribution in [1.29, 1.82) is 0 Å². The molecule has 0 saturated carbocycles. The highest BCUT2D eigenvalue weighted by Crippen LogP contribution is 1.97. The van der Waals surface area contributed by atoms with Crippen molar-refractivity contribution in [2.45, 2.75) is 32.7 Å². The van der Waals surface area contributed by atoms with Gasteiger partial charge < -0.3 is 5.32 Å². The summed E-state index contributed by atoms with van der Waals surface area (Å²) in [6, 6.07) is -0.0828. The van der Waals surface area contributed by atoms with Gasteiger partial charge in [0.2, 0.25) is 5.91 Å². The van der Waals surface area contributed by atoms with Gasteiger partial charge in [0.1, 0.15) is 6.04 Å². The molecule has 4 nitrogen and oxygen atoms in total. The third-order valence-electron chi connectivity index (χ3n) is 1.77. The second kappa shape index (κ2) is 4.09. The van der Waals surface area contributed by atoms with Crippen LogP contribution in [0, 0.1) is 0 Å². The Morgan fingerprint density at radius 1 is 1.50 bits per heavy atom. The third-order valence-corrected chi connectivity index (χ3v) is 1.77. The lowest BCUT2D eigenvalue weighted by Crippen LogP contribution is -2.28. The summed E-state index contributed by atoms with van der Waals surface area (Å²) in [5, 5.41) is 5.70. The lowest BCUT2D eigenvalue weighted by Gasteiger charge is -2.01. The van der Waals surface area contributed by atoms with E-state index >= 15 is 0 Å². The van der Waals surface area contributed by atoms with Gasteiger partial charge in [-0.15, -0.1) is 0 Å². The summed E-state index contributed by atoms with van der Waals surface area (Å²) in [5.41, 5.74) is 0. The molecule has 0 aromatic rings. The van der Waals surface area contributed by atoms with E-state index in [1.54, 1.807) is 0 Å². The zero-order chi connectivity index (χ0) is 8.97. The zero-order valence-corrected chi connectivity index (χ0v) is 7.55. The molecule has 1 atom stereocenters. The maximum atomic E-state index is 11.1. The number of nitrogens with zero attached hydrogens (tertiary/aromatic N) is 1. The van der Waals surface area contributed by atoms with Crippen LogP contribution in [0.1, 0.15) is 26.7 Å². The van der Waals surface area contributed by atoms with Gasteiger partial charge in [-0.25, -0.2) is 0 Å². The van der Waals surface area contributed by atoms with Crippen molar-refractivity contribution in [2.24, 2.45) is 4.99 Å². The molecule has 1 unspecified atom stereocenters. The monoisotopic (exact) mass is 169 g/mol. The molecule has 0 aromatic carbocycles. The van der Waals surface area contributed by atoms with Crippen molar-refractivity contribution < 1.29 is 4.79 Å². The van der Waals surface area contributed by atoms with Crippen molar-refractivity contribution in [1.82, 2.24) is 10.6 Å². The third kappa shape index (κ3) is 1.96. The van der Waals surface area contributed by atoms with Gasteiger partial charge in [0, 0.05) is 6.54 Å². The summed E-state index contributed by atoms with van der Waals surface area (Å²) in [4.78, 5) is 15.3. The van der Waals surface area contributed by atoms with Gasteiger partial charge in [-0.1, -0.05) is 13.8 Å². The lowest BCUT2D eigenvalue weighted by molar-refractivity contribution is -0.120. The van der Waals surface area contributed by atoms with Gasteiger partial charge in [0.25, 0.3) is 0 Å². The fraction of sp³-hybridized carbons (Fsp3) is 0.750. The molecular weight excluding hydrogens is 154 g/mol. The van der Waals surface area contributed by atoms with Gasteiger partial charge in [0.05, 0.1) is 0 Å². The second-order valence-corrected chi connectivity index (χ2v) is 2.82. The van der Waals surface area contributed by atoms with Crippen molar-refractivity contribution >= 4 is 11.9 Å². The van der Waals surface area contributed by atoms with Crippen LogP contribution in [0.15, 0.2) is 4.99 Å². The second-order valence-electron chi connectivity index (χ2n) is 2.82. The number of hydrogen-bond acceptors (Lipinski definition) is 2. The van der Waals surface area contributed by atoms with Gasteiger partial charge in [0.15, 0.2) is 5.96 Å². The van der Waals surface area contributed by atoms with Crippen LogP contribution in [0.5, 0.6) is 0 Å². The number of aliphatic imine (C=N–C) groups is 1. The normalized spacial score (nSPS) is 25.7. The number of carbonyl (C=O) groups excluding carboxylic acids is 1. The van der Waals surface area contributed by atoms with E-state index in [0.29, 0.717) is 5.96 Å². The highest BCUT2D eigenvalue weighted by atomic mass is 16.2. The molecule has 2 N–H and O–H groups in total. The fourth-order valence-electron chi connectivity index (χ4n) is 1.07. The Labute approximate surface area is 72.4 Å². The number of guanidine groups is 1. The molecule has 12 heavy (non-hydrogen) atoms. The summed E-state index contributed by atoms with van der Waals surface area (Å²) in [7, 11) is 0. The van der Waals surface area contributed by atoms with Crippen molar-refractivity contribution in [3.05, 3.63) is 0 Å². The van der Waals surface area contributed by atoms with Gasteiger partial charge in [-0.3, -0.25) is 15.1 Å². The largest absolute Gasteiger partial charge is 0.344 e. The first-order valence-corrected chi connectivity index (χ1v) is 4.39. The van der Waals surface area contributed by atoms with Crippen LogP contribution in [-0.2, 0) is 4.79 Å². The van der Waals surface area contributed by atoms with Gasteiger partial charge in [-0.2, -0.15) is 0 Å². The van der Waals surface area contributed by atoms with Crippen molar-refractivity contribution in [2.75, 3.05) is 6.54 Å². The number of rotatable bonds is 3. The van der Waals surface area contributed by atoms with E-state index in [9.17, 15) is 4.79 Å². The Bertz CT molecular complexity index is 200. The van der Waals surface area contributed by atoms with Crippen molar-refractivity contribution in [3.63, 3.8) is 0 Å². The molecule has 4 heteroatoms. The Hall–Kier alpha value is -1.06. The average molecular weight is 169 g/mol. The van der Waals surface area contributed by atoms with Crippen LogP contribution in [0.2, 0.25) is 0 Å². The zero-order valence-electron chi connectivity index (χ0n) is 7.55. The van der Waals surface area contributed by atoms with E-state index in [1.165, 1.54) is 0 Å². The summed E-state index contributed by atoms with van der Waals surface area (Å²) in [6.07, 6.45) is 1.80. The van der Waals surface area contributed by atoms with E-state index in [4.69, 9.17) is 0 Å². The maximum Gasteiger partial charge on any atom is 0.249 e. The Balaban J connectivity index is 2.48. The number of hydrogen-bond donors (Lipinski definition) is 2. The summed E-state index contributed by atoms with van der Waals surface area (Å²) in [6.45, 7) is 4.79. The molecule has 0 aliphatic carbocycles. The predicted molar refractivity (Wildman–Crippen MR) is 48.0 cm³/mol. The van der Waals surface area contributed by atoms with E-state index in [1.807, 2.05) is 6.92 Å². The van der Waals surface area contributed by atoms with E-state index in [-0.39, 0.29) is 11.9 Å². The van der Waals surface area contributed by atoms with E-state index in [2.05, 4.69) is 22.5 Å². The standard InChI is InChI=1S/C8H15N3O/c1-3-5-9-8-10-6(4-2)7(12)11-8/h6H,3-5H2,1-2H3,(H2,9,10,11,12). The van der Waals surface area contributed by atoms with Crippen molar-refractivity contribution in [3.8, 4) is 0 Å². The van der Waals surface area contributed by atoms with Gasteiger partial charge in [-0.05, 0) is 12.8 Å². The minimum atomic E-state index is -0.0828. The molecule has 0 aromatic heterocycles. The molecule has 0 bridgehead atoms. The Kier molecular flexibility index (Phi) is 3.08. The molecule has 68 valence electrons. The summed E-state index contributed by atoms with van der Waals surface area (Å²) >= 11 is 0. The minimum absolute atomic E-state index is 0.0346. The summed E-state index contributed by atoms with van der Waals surface area (Å²) in [5.74, 6) is 0.668. The van der Waals surface area contributed by atoms with Crippen LogP contribution in [0.4, 0.5) is 0 Å². The molecule has 1 aliphatic rings. The smallest absolute Gasteiger partial charge is 0.249 e. The SMILES string of the molecule is CCCN=C1NC(=O)C(CC)N1. The first-order chi connectivity index (χ1) is 5.77. The molecule has 1 aliphatic heterocycles. The first kappa shape index (κ1) is 9.03. The van der Waals surface area contributed by atoms with E-state index < -0.39 is 0 Å². The minimum Gasteiger partial charge on any atom is -0.344 e. The molecule has 1 saturated heterocycles. The average Bonchev–Trinajstić information content (AvgIpc) is 2.43. The van der Waals surface area contributed by atoms with Crippen LogP contribution in [0.3, 0.4) is 0 Å². The number of nitrogens with one attached hydrogen (secondary N) is 2. The van der Waals surface area contributed by atoms with Crippen LogP contribution in [0.25, 0.3) is 0 Å². The highest BCUT2D eigenvalue weighted by Gasteiger charge is 2.25. The molecule has 1 heterocycles. The number of carbonyl (C=O) groups is 1. The fourth-order valence-corrected chi connectivity index (χ4v) is 1.07. The Morgan fingerprint density at radius 2 is 2.25 bits per heavy atom. The van der Waals surface area contributed by atoms with Crippen LogP contribution >= 0.6 is 0 Å². The van der Waals surface area contributed by atoms with Gasteiger partial charge >= 0.3 is 0 Å². The van der Waals surface area contributed by atoms with Crippen LogP contribution in [-0.4, -0.2) is 24.5 Å². The topological polar surface area (TPSA) is 53.5 Å². The molecule has 0 spiro atoms. The first-order valence-electron chi connectivity index (χ1n) is 4.39. The summed E-state index contributed by atoms with van der Waals surface area (Å²) < 4.78 is 0. The van der Waals surface area contributed by atoms with Crippen LogP contribution < -0.4 is 10.6 Å². The maximum absolute atomic E-state index is 11.1. The highest BCUT2D eigenvalue weighted by molar-refractivity contribution is 6.06. The Morgan fingerprint density at radius 3 is 2.75 bits per heavy atom. The van der Waals surface area contributed by atoms with E-state index in [0.717, 1.165) is 19.4 Å². The molecule has 1 amide bonds. The molecule has 1 rings (SSSR count). The molecule has 1 fully saturated rings. The lowest BCUT2D eigenvalue weighted by atomic mass is 10.2. The quantitative estimate of drug-likeness (QED) is 0.636. The predicted octanol–water partition coefficient (Wildman–Crippen LogP) is 0.250. The molecule has 0 radical (unpaired) electrons. The molecular formula is C8H15N3O.